The van der Waals surface area contributed by atoms with Crippen molar-refractivity contribution in [3.8, 4) is 0 Å². The number of carbonyl (C=O) groups is 2. The predicted molar refractivity (Wildman–Crippen MR) is 65.4 cm³/mol. The molecule has 0 unspecified atom stereocenters. The standard InChI is InChI=1S/C13H22N2O2/c16-12-9-8-11(15-12)13(17)14-10-6-4-2-1-3-5-7-10/h10-11H,1-9H2,(H,14,17)(H,15,16)/t11-/m0/s1. The number of carbonyl (C=O) groups excluding carboxylic acids is 2. The van der Waals surface area contributed by atoms with Crippen LogP contribution in [0.25, 0.3) is 0 Å². The molecule has 2 fully saturated rings. The van der Waals surface area contributed by atoms with E-state index in [-0.39, 0.29) is 17.9 Å². The van der Waals surface area contributed by atoms with Gasteiger partial charge in [-0.1, -0.05) is 32.1 Å². The molecule has 2 aliphatic rings. The van der Waals surface area contributed by atoms with Gasteiger partial charge in [-0.05, 0) is 19.3 Å². The fourth-order valence-electron chi connectivity index (χ4n) is 2.71. The van der Waals surface area contributed by atoms with E-state index in [9.17, 15) is 9.59 Å². The van der Waals surface area contributed by atoms with E-state index in [1.807, 2.05) is 0 Å². The van der Waals surface area contributed by atoms with Gasteiger partial charge in [0, 0.05) is 12.5 Å². The van der Waals surface area contributed by atoms with Crippen LogP contribution in [0.15, 0.2) is 0 Å². The van der Waals surface area contributed by atoms with Gasteiger partial charge < -0.3 is 10.6 Å². The van der Waals surface area contributed by atoms with Gasteiger partial charge in [0.05, 0.1) is 0 Å². The van der Waals surface area contributed by atoms with Crippen LogP contribution in [-0.2, 0) is 9.59 Å². The number of rotatable bonds is 2. The highest BCUT2D eigenvalue weighted by atomic mass is 16.2. The molecule has 1 heterocycles. The monoisotopic (exact) mass is 238 g/mol. The van der Waals surface area contributed by atoms with Crippen LogP contribution >= 0.6 is 0 Å². The molecule has 1 saturated carbocycles. The van der Waals surface area contributed by atoms with Crippen LogP contribution < -0.4 is 10.6 Å². The van der Waals surface area contributed by atoms with Crippen LogP contribution in [0.4, 0.5) is 0 Å². The number of nitrogens with one attached hydrogen (secondary N) is 2. The fraction of sp³-hybridized carbons (Fsp3) is 0.846. The minimum absolute atomic E-state index is 0.00261. The van der Waals surface area contributed by atoms with Gasteiger partial charge in [-0.25, -0.2) is 0 Å². The molecule has 0 aromatic heterocycles. The minimum atomic E-state index is -0.284. The quantitative estimate of drug-likeness (QED) is 0.766. The third-order valence-electron chi connectivity index (χ3n) is 3.76. The van der Waals surface area contributed by atoms with Crippen LogP contribution in [-0.4, -0.2) is 23.9 Å². The first-order valence-corrected chi connectivity index (χ1v) is 6.85. The molecule has 0 bridgehead atoms. The summed E-state index contributed by atoms with van der Waals surface area (Å²) < 4.78 is 0. The third-order valence-corrected chi connectivity index (χ3v) is 3.76. The Morgan fingerprint density at radius 2 is 1.71 bits per heavy atom. The number of amides is 2. The molecule has 1 saturated heterocycles. The van der Waals surface area contributed by atoms with Gasteiger partial charge in [-0.2, -0.15) is 0 Å². The lowest BCUT2D eigenvalue weighted by atomic mass is 9.96. The molecule has 2 rings (SSSR count). The number of hydrogen-bond acceptors (Lipinski definition) is 2. The second kappa shape index (κ2) is 6.03. The molecule has 2 N–H and O–H groups in total. The average Bonchev–Trinajstić information content (AvgIpc) is 2.68. The van der Waals surface area contributed by atoms with Crippen molar-refractivity contribution in [3.05, 3.63) is 0 Å². The summed E-state index contributed by atoms with van der Waals surface area (Å²) in [5, 5.41) is 5.82. The Morgan fingerprint density at radius 3 is 2.29 bits per heavy atom. The summed E-state index contributed by atoms with van der Waals surface area (Å²) in [4.78, 5) is 23.0. The van der Waals surface area contributed by atoms with Crippen LogP contribution in [0.3, 0.4) is 0 Å². The zero-order valence-corrected chi connectivity index (χ0v) is 10.3. The summed E-state index contributed by atoms with van der Waals surface area (Å²) in [7, 11) is 0. The lowest BCUT2D eigenvalue weighted by Crippen LogP contribution is -2.46. The molecule has 17 heavy (non-hydrogen) atoms. The van der Waals surface area contributed by atoms with Gasteiger partial charge in [-0.15, -0.1) is 0 Å². The van der Waals surface area contributed by atoms with Gasteiger partial charge in [0.1, 0.15) is 6.04 Å². The maximum absolute atomic E-state index is 11.9. The molecule has 4 heteroatoms. The van der Waals surface area contributed by atoms with Gasteiger partial charge in [0.2, 0.25) is 11.8 Å². The summed E-state index contributed by atoms with van der Waals surface area (Å²) in [5.41, 5.74) is 0. The largest absolute Gasteiger partial charge is 0.352 e. The Bertz CT molecular complexity index is 283. The molecule has 0 radical (unpaired) electrons. The Hall–Kier alpha value is -1.06. The van der Waals surface area contributed by atoms with Crippen LogP contribution in [0.5, 0.6) is 0 Å². The Morgan fingerprint density at radius 1 is 1.06 bits per heavy atom. The van der Waals surface area contributed by atoms with Gasteiger partial charge in [0.15, 0.2) is 0 Å². The topological polar surface area (TPSA) is 58.2 Å². The molecular weight excluding hydrogens is 216 g/mol. The first kappa shape index (κ1) is 12.4. The van der Waals surface area contributed by atoms with Crippen molar-refractivity contribution in [2.24, 2.45) is 0 Å². The van der Waals surface area contributed by atoms with E-state index in [4.69, 9.17) is 0 Å². The van der Waals surface area contributed by atoms with Crippen molar-refractivity contribution in [1.82, 2.24) is 10.6 Å². The lowest BCUT2D eigenvalue weighted by molar-refractivity contribution is -0.126. The second-order valence-corrected chi connectivity index (χ2v) is 5.21. The Balaban J connectivity index is 1.78. The molecule has 1 aliphatic heterocycles. The smallest absolute Gasteiger partial charge is 0.242 e. The molecule has 0 aromatic rings. The van der Waals surface area contributed by atoms with Gasteiger partial charge in [0.25, 0.3) is 0 Å². The first-order chi connectivity index (χ1) is 8.25. The van der Waals surface area contributed by atoms with E-state index in [0.717, 1.165) is 12.8 Å². The molecule has 0 aromatic carbocycles. The number of hydrogen-bond donors (Lipinski definition) is 2. The van der Waals surface area contributed by atoms with Crippen molar-refractivity contribution >= 4 is 11.8 Å². The van der Waals surface area contributed by atoms with Gasteiger partial charge >= 0.3 is 0 Å². The van der Waals surface area contributed by atoms with E-state index in [0.29, 0.717) is 18.9 Å². The van der Waals surface area contributed by atoms with Crippen molar-refractivity contribution in [1.29, 1.82) is 0 Å². The summed E-state index contributed by atoms with van der Waals surface area (Å²) in [5.74, 6) is 0.0178. The van der Waals surface area contributed by atoms with Crippen LogP contribution in [0.1, 0.15) is 57.8 Å². The normalized spacial score (nSPS) is 27.1. The Kier molecular flexibility index (Phi) is 4.40. The van der Waals surface area contributed by atoms with E-state index in [2.05, 4.69) is 10.6 Å². The van der Waals surface area contributed by atoms with E-state index in [1.54, 1.807) is 0 Å². The maximum Gasteiger partial charge on any atom is 0.242 e. The molecule has 0 spiro atoms. The molecule has 2 amide bonds. The average molecular weight is 238 g/mol. The Labute approximate surface area is 103 Å². The van der Waals surface area contributed by atoms with Gasteiger partial charge in [-0.3, -0.25) is 9.59 Å². The van der Waals surface area contributed by atoms with Crippen LogP contribution in [0, 0.1) is 0 Å². The highest BCUT2D eigenvalue weighted by molar-refractivity contribution is 5.90. The predicted octanol–water partition coefficient (Wildman–Crippen LogP) is 1.49. The molecule has 1 atom stereocenters. The minimum Gasteiger partial charge on any atom is -0.352 e. The molecule has 96 valence electrons. The molecular formula is C13H22N2O2. The third kappa shape index (κ3) is 3.72. The summed E-state index contributed by atoms with van der Waals surface area (Å²) >= 11 is 0. The van der Waals surface area contributed by atoms with Crippen LogP contribution in [0.2, 0.25) is 0 Å². The maximum atomic E-state index is 11.9. The van der Waals surface area contributed by atoms with E-state index >= 15 is 0 Å². The van der Waals surface area contributed by atoms with Crippen molar-refractivity contribution in [2.75, 3.05) is 0 Å². The highest BCUT2D eigenvalue weighted by Crippen LogP contribution is 2.17. The molecule has 4 nitrogen and oxygen atoms in total. The van der Waals surface area contributed by atoms with E-state index in [1.165, 1.54) is 32.1 Å². The summed E-state index contributed by atoms with van der Waals surface area (Å²) in [6, 6.07) is 0.0354. The van der Waals surface area contributed by atoms with Crippen molar-refractivity contribution < 1.29 is 9.59 Å². The fourth-order valence-corrected chi connectivity index (χ4v) is 2.71. The molecule has 1 aliphatic carbocycles. The lowest BCUT2D eigenvalue weighted by Gasteiger charge is -2.22. The van der Waals surface area contributed by atoms with Crippen molar-refractivity contribution in [2.45, 2.75) is 69.9 Å². The zero-order chi connectivity index (χ0) is 12.1. The zero-order valence-electron chi connectivity index (χ0n) is 10.3. The summed E-state index contributed by atoms with van der Waals surface area (Å²) in [6.07, 6.45) is 9.64. The second-order valence-electron chi connectivity index (χ2n) is 5.21. The van der Waals surface area contributed by atoms with Crippen molar-refractivity contribution in [3.63, 3.8) is 0 Å². The summed E-state index contributed by atoms with van der Waals surface area (Å²) in [6.45, 7) is 0. The van der Waals surface area contributed by atoms with E-state index < -0.39 is 0 Å². The SMILES string of the molecule is O=C1CC[C@@H](C(=O)NC2CCCCCCC2)N1. The highest BCUT2D eigenvalue weighted by Gasteiger charge is 2.28. The first-order valence-electron chi connectivity index (χ1n) is 6.85.